The van der Waals surface area contributed by atoms with Crippen molar-refractivity contribution in [2.24, 2.45) is 0 Å². The Bertz CT molecular complexity index is 838. The van der Waals surface area contributed by atoms with Crippen LogP contribution < -0.4 is 4.74 Å². The third-order valence-electron chi connectivity index (χ3n) is 8.43. The fourth-order valence-electron chi connectivity index (χ4n) is 5.39. The summed E-state index contributed by atoms with van der Waals surface area (Å²) in [6, 6.07) is 0. The van der Waals surface area contributed by atoms with Crippen LogP contribution in [0.3, 0.4) is 0 Å². The number of ether oxygens (including phenoxy) is 2. The Morgan fingerprint density at radius 2 is 1.44 bits per heavy atom. The first-order valence-corrected chi connectivity index (χ1v) is 16.8. The SMILES string of the molecule is CCCCCCCCCCCCCCC(=O)OC(C)(C)[N+]1(C)CCC=C(c2nsnc2OCCCCCC)C1. The number of hydrogen-bond acceptors (Lipinski definition) is 6. The second kappa shape index (κ2) is 18.8. The highest BCUT2D eigenvalue weighted by Crippen LogP contribution is 2.35. The van der Waals surface area contributed by atoms with Crippen molar-refractivity contribution < 1.29 is 18.8 Å². The molecule has 1 aliphatic heterocycles. The largest absolute Gasteiger partial charge is 0.475 e. The van der Waals surface area contributed by atoms with E-state index in [1.807, 2.05) is 0 Å². The molecule has 6 nitrogen and oxygen atoms in total. The van der Waals surface area contributed by atoms with Crippen molar-refractivity contribution in [3.63, 3.8) is 0 Å². The lowest BCUT2D eigenvalue weighted by molar-refractivity contribution is -0.971. The summed E-state index contributed by atoms with van der Waals surface area (Å²) in [7, 11) is 2.19. The van der Waals surface area contributed by atoms with Crippen LogP contribution in [0.4, 0.5) is 0 Å². The highest BCUT2D eigenvalue weighted by Gasteiger charge is 2.45. The van der Waals surface area contributed by atoms with E-state index < -0.39 is 5.72 Å². The summed E-state index contributed by atoms with van der Waals surface area (Å²) in [6.45, 7) is 10.9. The number of esters is 1. The third kappa shape index (κ3) is 12.3. The first-order valence-electron chi connectivity index (χ1n) is 16.0. The van der Waals surface area contributed by atoms with E-state index in [2.05, 4.69) is 49.6 Å². The van der Waals surface area contributed by atoms with Crippen LogP contribution in [0.25, 0.3) is 5.57 Å². The second-order valence-electron chi connectivity index (χ2n) is 12.2. The second-order valence-corrected chi connectivity index (χ2v) is 12.7. The molecule has 0 fully saturated rings. The lowest BCUT2D eigenvalue weighted by atomic mass is 10.0. The molecule has 0 N–H and O–H groups in total. The number of carbonyl (C=O) groups is 1. The maximum Gasteiger partial charge on any atom is 0.310 e. The molecule has 0 saturated heterocycles. The molecule has 0 bridgehead atoms. The van der Waals surface area contributed by atoms with Crippen molar-refractivity contribution in [3.05, 3.63) is 11.8 Å². The summed E-state index contributed by atoms with van der Waals surface area (Å²) in [5.74, 6) is 0.576. The molecule has 0 aromatic carbocycles. The van der Waals surface area contributed by atoms with Crippen molar-refractivity contribution in [1.82, 2.24) is 8.75 Å². The number of aromatic nitrogens is 2. The zero-order valence-electron chi connectivity index (χ0n) is 25.9. The Balaban J connectivity index is 1.70. The molecule has 0 aliphatic carbocycles. The maximum absolute atomic E-state index is 12.8. The van der Waals surface area contributed by atoms with Gasteiger partial charge in [0.2, 0.25) is 5.72 Å². The molecule has 7 heteroatoms. The molecule has 1 aromatic rings. The number of hydrogen-bond donors (Lipinski definition) is 0. The normalized spacial score (nSPS) is 17.7. The van der Waals surface area contributed by atoms with Crippen molar-refractivity contribution in [3.8, 4) is 5.88 Å². The van der Waals surface area contributed by atoms with E-state index in [1.165, 1.54) is 95.2 Å². The van der Waals surface area contributed by atoms with E-state index in [-0.39, 0.29) is 5.97 Å². The van der Waals surface area contributed by atoms with Crippen LogP contribution in [-0.4, -0.2) is 51.7 Å². The van der Waals surface area contributed by atoms with Gasteiger partial charge in [0.05, 0.1) is 31.9 Å². The summed E-state index contributed by atoms with van der Waals surface area (Å²) in [5, 5.41) is 0. The first kappa shape index (κ1) is 33.7. The van der Waals surface area contributed by atoms with Gasteiger partial charge in [-0.2, -0.15) is 4.37 Å². The number of likely N-dealkylation sites (N-methyl/N-ethyl adjacent to an activating group) is 1. The average molecular weight is 565 g/mol. The molecule has 0 radical (unpaired) electrons. The molecule has 2 heterocycles. The van der Waals surface area contributed by atoms with Crippen molar-refractivity contribution in [1.29, 1.82) is 0 Å². The van der Waals surface area contributed by atoms with Gasteiger partial charge in [0.1, 0.15) is 12.2 Å². The van der Waals surface area contributed by atoms with Crippen LogP contribution in [0.15, 0.2) is 6.08 Å². The highest BCUT2D eigenvalue weighted by atomic mass is 32.1. The molecular weight excluding hydrogens is 506 g/mol. The van der Waals surface area contributed by atoms with E-state index in [1.54, 1.807) is 0 Å². The zero-order chi connectivity index (χ0) is 28.4. The Morgan fingerprint density at radius 3 is 2.05 bits per heavy atom. The Kier molecular flexibility index (Phi) is 16.3. The minimum absolute atomic E-state index is 0.0750. The molecule has 1 aliphatic rings. The van der Waals surface area contributed by atoms with E-state index in [4.69, 9.17) is 9.47 Å². The molecule has 224 valence electrons. The fourth-order valence-corrected chi connectivity index (χ4v) is 5.92. The summed E-state index contributed by atoms with van der Waals surface area (Å²) in [5.41, 5.74) is 1.39. The van der Waals surface area contributed by atoms with Gasteiger partial charge in [0.25, 0.3) is 5.88 Å². The van der Waals surface area contributed by atoms with Crippen LogP contribution in [0.2, 0.25) is 0 Å². The van der Waals surface area contributed by atoms with Crippen LogP contribution in [-0.2, 0) is 9.53 Å². The lowest BCUT2D eigenvalue weighted by Gasteiger charge is -2.47. The van der Waals surface area contributed by atoms with Gasteiger partial charge in [-0.15, -0.1) is 4.37 Å². The Labute approximate surface area is 243 Å². The fraction of sp³-hybridized carbons (Fsp3) is 0.844. The predicted molar refractivity (Wildman–Crippen MR) is 164 cm³/mol. The average Bonchev–Trinajstić information content (AvgIpc) is 3.37. The summed E-state index contributed by atoms with van der Waals surface area (Å²) in [4.78, 5) is 12.8. The Morgan fingerprint density at radius 1 is 0.872 bits per heavy atom. The monoisotopic (exact) mass is 564 g/mol. The Hall–Kier alpha value is -1.47. The van der Waals surface area contributed by atoms with Crippen LogP contribution in [0.5, 0.6) is 5.88 Å². The van der Waals surface area contributed by atoms with Crippen LogP contribution in [0, 0.1) is 0 Å². The molecule has 1 unspecified atom stereocenters. The maximum atomic E-state index is 12.8. The van der Waals surface area contributed by atoms with Gasteiger partial charge in [0, 0.05) is 32.3 Å². The number of rotatable bonds is 22. The van der Waals surface area contributed by atoms with Gasteiger partial charge in [-0.25, -0.2) is 0 Å². The molecule has 2 rings (SSSR count). The predicted octanol–water partition coefficient (Wildman–Crippen LogP) is 9.10. The summed E-state index contributed by atoms with van der Waals surface area (Å²) >= 11 is 1.21. The van der Waals surface area contributed by atoms with Gasteiger partial charge in [0.15, 0.2) is 0 Å². The topological polar surface area (TPSA) is 61.3 Å². The number of quaternary nitrogens is 1. The van der Waals surface area contributed by atoms with Gasteiger partial charge in [-0.3, -0.25) is 9.28 Å². The minimum atomic E-state index is -0.613. The summed E-state index contributed by atoms with van der Waals surface area (Å²) < 4.78 is 21.8. The number of nitrogens with zero attached hydrogens (tertiary/aromatic N) is 3. The standard InChI is InChI=1S/C32H58N3O3S/c1-6-8-10-12-13-14-15-16-17-18-19-20-24-29(36)38-32(3,4)35(5)25-22-23-28(27-35)30-31(34-39-33-30)37-26-21-11-9-7-2/h23H,6-22,24-27H2,1-5H3/q+1. The van der Waals surface area contributed by atoms with Crippen molar-refractivity contribution in [2.45, 2.75) is 149 Å². The first-order chi connectivity index (χ1) is 18.8. The molecule has 1 aromatic heterocycles. The number of carbonyl (C=O) groups excluding carboxylic acids is 1. The van der Waals surface area contributed by atoms with Gasteiger partial charge < -0.3 is 9.47 Å². The molecule has 0 amide bonds. The van der Waals surface area contributed by atoms with Crippen molar-refractivity contribution in [2.75, 3.05) is 26.7 Å². The third-order valence-corrected chi connectivity index (χ3v) is 8.94. The number of unbranched alkanes of at least 4 members (excludes halogenated alkanes) is 14. The van der Waals surface area contributed by atoms with Crippen LogP contribution >= 0.6 is 11.7 Å². The quantitative estimate of drug-likeness (QED) is 0.0798. The van der Waals surface area contributed by atoms with Gasteiger partial charge in [-0.1, -0.05) is 110 Å². The summed E-state index contributed by atoms with van der Waals surface area (Å²) in [6.07, 6.45) is 23.9. The molecular formula is C32H58N3O3S+. The minimum Gasteiger partial charge on any atom is -0.475 e. The van der Waals surface area contributed by atoms with E-state index in [9.17, 15) is 4.79 Å². The van der Waals surface area contributed by atoms with Crippen molar-refractivity contribution >= 4 is 23.3 Å². The lowest BCUT2D eigenvalue weighted by Crippen LogP contribution is -2.62. The molecule has 39 heavy (non-hydrogen) atoms. The van der Waals surface area contributed by atoms with Gasteiger partial charge in [-0.05, 0) is 12.8 Å². The van der Waals surface area contributed by atoms with Crippen LogP contribution in [0.1, 0.15) is 149 Å². The van der Waals surface area contributed by atoms with Gasteiger partial charge >= 0.3 is 5.97 Å². The molecule has 0 saturated carbocycles. The molecule has 1 atom stereocenters. The smallest absolute Gasteiger partial charge is 0.310 e. The van der Waals surface area contributed by atoms with E-state index in [0.29, 0.717) is 23.4 Å². The van der Waals surface area contributed by atoms with E-state index >= 15 is 0 Å². The molecule has 0 spiro atoms. The zero-order valence-corrected chi connectivity index (χ0v) is 26.7. The van der Waals surface area contributed by atoms with E-state index in [0.717, 1.165) is 50.0 Å². The highest BCUT2D eigenvalue weighted by molar-refractivity contribution is 6.99.